The molecule has 1 aromatic carbocycles. The van der Waals surface area contributed by atoms with Crippen LogP contribution in [0, 0.1) is 0 Å². The smallest absolute Gasteiger partial charge is 0.236 e. The van der Waals surface area contributed by atoms with E-state index in [0.717, 1.165) is 18.4 Å². The van der Waals surface area contributed by atoms with Crippen molar-refractivity contribution in [3.8, 4) is 5.75 Å². The number of aromatic hydroxyl groups is 1. The Kier molecular flexibility index (Phi) is 4.51. The van der Waals surface area contributed by atoms with Gasteiger partial charge in [0.05, 0.1) is 6.21 Å². The number of nitrogens with zero attached hydrogens (tertiary/aromatic N) is 1. The standard InChI is InChI=1S/C12H16N2O2/c1-3-5-10-6-4-7-11(12(10)16)8-13-14-9(2)15/h4,6-8,16H,3,5H2,1-2H3,(H,14,15)/b13-8+. The maximum atomic E-state index is 10.6. The Morgan fingerprint density at radius 2 is 2.31 bits per heavy atom. The van der Waals surface area contributed by atoms with Crippen molar-refractivity contribution in [2.24, 2.45) is 5.10 Å². The first-order valence-electron chi connectivity index (χ1n) is 5.25. The number of hydrazone groups is 1. The highest BCUT2D eigenvalue weighted by Crippen LogP contribution is 2.22. The summed E-state index contributed by atoms with van der Waals surface area (Å²) >= 11 is 0. The summed E-state index contributed by atoms with van der Waals surface area (Å²) in [7, 11) is 0. The second-order valence-corrected chi connectivity index (χ2v) is 3.53. The highest BCUT2D eigenvalue weighted by molar-refractivity contribution is 5.85. The number of rotatable bonds is 4. The van der Waals surface area contributed by atoms with Gasteiger partial charge < -0.3 is 5.11 Å². The summed E-state index contributed by atoms with van der Waals surface area (Å²) in [6.45, 7) is 3.43. The van der Waals surface area contributed by atoms with Crippen molar-refractivity contribution in [2.75, 3.05) is 0 Å². The average Bonchev–Trinajstić information content (AvgIpc) is 2.23. The molecule has 16 heavy (non-hydrogen) atoms. The normalized spacial score (nSPS) is 10.6. The molecule has 1 aromatic rings. The third-order valence-corrected chi connectivity index (χ3v) is 2.10. The lowest BCUT2D eigenvalue weighted by Crippen LogP contribution is -2.12. The molecular weight excluding hydrogens is 204 g/mol. The van der Waals surface area contributed by atoms with Crippen LogP contribution >= 0.6 is 0 Å². The van der Waals surface area contributed by atoms with Crippen LogP contribution in [0.2, 0.25) is 0 Å². The van der Waals surface area contributed by atoms with E-state index in [0.29, 0.717) is 5.56 Å². The number of hydrogen-bond acceptors (Lipinski definition) is 3. The molecular formula is C12H16N2O2. The van der Waals surface area contributed by atoms with Crippen molar-refractivity contribution in [2.45, 2.75) is 26.7 Å². The summed E-state index contributed by atoms with van der Waals surface area (Å²) in [4.78, 5) is 10.6. The van der Waals surface area contributed by atoms with Gasteiger partial charge in [-0.05, 0) is 18.1 Å². The summed E-state index contributed by atoms with van der Waals surface area (Å²) in [6, 6.07) is 5.49. The van der Waals surface area contributed by atoms with Crippen LogP contribution in [0.15, 0.2) is 23.3 Å². The van der Waals surface area contributed by atoms with Crippen LogP contribution in [0.1, 0.15) is 31.4 Å². The third-order valence-electron chi connectivity index (χ3n) is 2.10. The van der Waals surface area contributed by atoms with E-state index in [-0.39, 0.29) is 11.7 Å². The van der Waals surface area contributed by atoms with Gasteiger partial charge in [-0.25, -0.2) is 5.43 Å². The molecule has 0 atom stereocenters. The number of phenolic OH excluding ortho intramolecular Hbond substituents is 1. The lowest BCUT2D eigenvalue weighted by atomic mass is 10.1. The summed E-state index contributed by atoms with van der Waals surface area (Å²) in [5.74, 6) is -0.00101. The monoisotopic (exact) mass is 220 g/mol. The molecule has 0 aliphatic carbocycles. The minimum atomic E-state index is -0.236. The average molecular weight is 220 g/mol. The van der Waals surface area contributed by atoms with E-state index in [2.05, 4.69) is 17.5 Å². The van der Waals surface area contributed by atoms with Gasteiger partial charge in [-0.2, -0.15) is 5.10 Å². The summed E-state index contributed by atoms with van der Waals surface area (Å²) in [6.07, 6.45) is 3.24. The number of amides is 1. The Labute approximate surface area is 95.0 Å². The molecule has 86 valence electrons. The first kappa shape index (κ1) is 12.2. The van der Waals surface area contributed by atoms with Crippen LogP contribution in [-0.2, 0) is 11.2 Å². The van der Waals surface area contributed by atoms with Gasteiger partial charge >= 0.3 is 0 Å². The third kappa shape index (κ3) is 3.38. The largest absolute Gasteiger partial charge is 0.507 e. The molecule has 0 bridgehead atoms. The zero-order valence-corrected chi connectivity index (χ0v) is 9.53. The highest BCUT2D eigenvalue weighted by atomic mass is 16.3. The van der Waals surface area contributed by atoms with Crippen molar-refractivity contribution >= 4 is 12.1 Å². The molecule has 4 nitrogen and oxygen atoms in total. The first-order valence-corrected chi connectivity index (χ1v) is 5.25. The van der Waals surface area contributed by atoms with Gasteiger partial charge in [-0.15, -0.1) is 0 Å². The highest BCUT2D eigenvalue weighted by Gasteiger charge is 2.03. The Bertz CT molecular complexity index is 400. The minimum absolute atomic E-state index is 0.235. The van der Waals surface area contributed by atoms with Gasteiger partial charge in [-0.1, -0.05) is 25.5 Å². The maximum Gasteiger partial charge on any atom is 0.236 e. The summed E-state index contributed by atoms with van der Waals surface area (Å²) < 4.78 is 0. The molecule has 0 aliphatic heterocycles. The molecule has 0 saturated heterocycles. The molecule has 0 unspecified atom stereocenters. The Morgan fingerprint density at radius 3 is 2.94 bits per heavy atom. The second kappa shape index (κ2) is 5.90. The van der Waals surface area contributed by atoms with E-state index in [1.54, 1.807) is 6.07 Å². The van der Waals surface area contributed by atoms with Crippen LogP contribution in [0.3, 0.4) is 0 Å². The number of para-hydroxylation sites is 1. The van der Waals surface area contributed by atoms with Crippen molar-refractivity contribution in [1.82, 2.24) is 5.43 Å². The van der Waals surface area contributed by atoms with Gasteiger partial charge in [0.2, 0.25) is 5.91 Å². The molecule has 0 aromatic heterocycles. The van der Waals surface area contributed by atoms with Crippen LogP contribution < -0.4 is 5.43 Å². The number of carbonyl (C=O) groups excluding carboxylic acids is 1. The predicted octanol–water partition coefficient (Wildman–Crippen LogP) is 1.81. The molecule has 0 saturated carbocycles. The fourth-order valence-electron chi connectivity index (χ4n) is 1.38. The molecule has 0 fully saturated rings. The van der Waals surface area contributed by atoms with E-state index < -0.39 is 0 Å². The van der Waals surface area contributed by atoms with Gasteiger partial charge in [0.25, 0.3) is 0 Å². The van der Waals surface area contributed by atoms with E-state index in [1.807, 2.05) is 12.1 Å². The number of phenols is 1. The molecule has 0 heterocycles. The number of benzene rings is 1. The van der Waals surface area contributed by atoms with Gasteiger partial charge in [0, 0.05) is 12.5 Å². The van der Waals surface area contributed by atoms with Crippen molar-refractivity contribution < 1.29 is 9.90 Å². The topological polar surface area (TPSA) is 61.7 Å². The molecule has 0 aliphatic rings. The fraction of sp³-hybridized carbons (Fsp3) is 0.333. The maximum absolute atomic E-state index is 10.6. The Morgan fingerprint density at radius 1 is 1.56 bits per heavy atom. The van der Waals surface area contributed by atoms with E-state index >= 15 is 0 Å². The second-order valence-electron chi connectivity index (χ2n) is 3.53. The Hall–Kier alpha value is -1.84. The van der Waals surface area contributed by atoms with Crippen molar-refractivity contribution in [1.29, 1.82) is 0 Å². The Balaban J connectivity index is 2.84. The van der Waals surface area contributed by atoms with Crippen molar-refractivity contribution in [3.63, 3.8) is 0 Å². The lowest BCUT2D eigenvalue weighted by molar-refractivity contribution is -0.118. The fourth-order valence-corrected chi connectivity index (χ4v) is 1.38. The number of carbonyl (C=O) groups is 1. The molecule has 1 amide bonds. The summed E-state index contributed by atoms with van der Waals surface area (Å²) in [5.41, 5.74) is 3.80. The number of nitrogens with one attached hydrogen (secondary N) is 1. The molecule has 1 rings (SSSR count). The first-order chi connectivity index (χ1) is 7.65. The minimum Gasteiger partial charge on any atom is -0.507 e. The lowest BCUT2D eigenvalue weighted by Gasteiger charge is -2.05. The molecule has 4 heteroatoms. The number of hydrogen-bond donors (Lipinski definition) is 2. The van der Waals surface area contributed by atoms with Crippen LogP contribution in [0.25, 0.3) is 0 Å². The van der Waals surface area contributed by atoms with Gasteiger partial charge in [-0.3, -0.25) is 4.79 Å². The molecule has 2 N–H and O–H groups in total. The zero-order valence-electron chi connectivity index (χ0n) is 9.53. The molecule has 0 radical (unpaired) electrons. The quantitative estimate of drug-likeness (QED) is 0.600. The van der Waals surface area contributed by atoms with E-state index in [1.165, 1.54) is 13.1 Å². The predicted molar refractivity (Wildman–Crippen MR) is 63.5 cm³/mol. The van der Waals surface area contributed by atoms with Gasteiger partial charge in [0.1, 0.15) is 5.75 Å². The summed E-state index contributed by atoms with van der Waals surface area (Å²) in [5, 5.41) is 13.6. The van der Waals surface area contributed by atoms with E-state index in [9.17, 15) is 9.90 Å². The SMILES string of the molecule is CCCc1cccc(/C=N/NC(C)=O)c1O. The number of aryl methyl sites for hydroxylation is 1. The van der Waals surface area contributed by atoms with Crippen LogP contribution in [-0.4, -0.2) is 17.2 Å². The van der Waals surface area contributed by atoms with Crippen LogP contribution in [0.5, 0.6) is 5.75 Å². The zero-order chi connectivity index (χ0) is 12.0. The van der Waals surface area contributed by atoms with Crippen LogP contribution in [0.4, 0.5) is 0 Å². The van der Waals surface area contributed by atoms with Gasteiger partial charge in [0.15, 0.2) is 0 Å². The van der Waals surface area contributed by atoms with E-state index in [4.69, 9.17) is 0 Å². The molecule has 0 spiro atoms. The van der Waals surface area contributed by atoms with Crippen molar-refractivity contribution in [3.05, 3.63) is 29.3 Å².